The van der Waals surface area contributed by atoms with E-state index in [4.69, 9.17) is 52.2 Å². The molecule has 10 rings (SSSR count). The van der Waals surface area contributed by atoms with Gasteiger partial charge >= 0.3 is 5.97 Å². The van der Waals surface area contributed by atoms with Crippen LogP contribution in [0.4, 0.5) is 0 Å². The Hall–Kier alpha value is -3.50. The number of ketones is 1. The molecule has 1 spiro atoms. The van der Waals surface area contributed by atoms with E-state index in [1.165, 1.54) is 52.2 Å². The summed E-state index contributed by atoms with van der Waals surface area (Å²) < 4.78 is 61.9. The minimum atomic E-state index is -1.91. The number of benzene rings is 1. The average Bonchev–Trinajstić information content (AvgIpc) is 1.42. The molecule has 6 saturated heterocycles. The van der Waals surface area contributed by atoms with Gasteiger partial charge in [0.05, 0.1) is 109 Å². The number of carbonyl (C=O) groups excluding carboxylic acids is 5. The van der Waals surface area contributed by atoms with Crippen molar-refractivity contribution in [3.63, 3.8) is 0 Å². The second-order valence-electron chi connectivity index (χ2n) is 24.5. The standard InChI is InChI=1S/C63H82IN3O23S4/c1-10-66(32(6)70)37-25-83-43(19-33(37)23-68)88-54-51(77)48(65-90-44-21-38(71)56(31(5)84-44)94-59(78)45-28(2)47(64)53(55(82-9)52(45)81-8)89-60-50(76)34(24-69)49(75)30(4)86-60)29(3)85-61(54)87-40-15-13-11-12-14-17-62-36(20-42(74)80-7)39(72)22-63(62,79)35(46(40)62)16-18-91-26-41(73)67-57-58(67)93-27-92-57/h11-12,16,29-31,33-34,36-38,40,43-44,46,48-51,54,56-58,60-61,65,68-69,71,75-77,79H,10,18-27H2,1-9H3/b12-11-,35-16-/t29?,30?,31?,33?,34?,36?,37?,38?,40-,43?,44?,46-,48?,49?,50?,51?,54?,56?,57+,58?,60?,61?,62+,63-,67?/m0/s1. The molecule has 24 atom stereocenters. The van der Waals surface area contributed by atoms with Crippen molar-refractivity contribution in [1.29, 1.82) is 0 Å². The third-order valence-corrected chi connectivity index (χ3v) is 25.7. The maximum Gasteiger partial charge on any atom is 0.306 e. The van der Waals surface area contributed by atoms with E-state index in [1.807, 2.05) is 34.4 Å². The number of rotatable bonds is 23. The number of methoxy groups -OCH3 is 3. The van der Waals surface area contributed by atoms with E-state index in [-0.39, 0.29) is 89.4 Å². The summed E-state index contributed by atoms with van der Waals surface area (Å²) in [6.45, 7) is 9.20. The highest BCUT2D eigenvalue weighted by Crippen LogP contribution is 2.70. The van der Waals surface area contributed by atoms with Gasteiger partial charge < -0.3 is 92.9 Å². The lowest BCUT2D eigenvalue weighted by molar-refractivity contribution is -0.342. The van der Waals surface area contributed by atoms with Crippen LogP contribution in [0, 0.1) is 63.3 Å². The first kappa shape index (κ1) is 73.2. The molecular formula is C63H82IN3O23S4. The second kappa shape index (κ2) is 30.9. The van der Waals surface area contributed by atoms with Gasteiger partial charge in [0, 0.05) is 73.8 Å². The number of aliphatic hydroxyl groups is 7. The van der Waals surface area contributed by atoms with E-state index < -0.39 is 162 Å². The Bertz CT molecular complexity index is 3180. The molecule has 518 valence electrons. The fourth-order valence-corrected chi connectivity index (χ4v) is 20.0. The number of nitrogens with zero attached hydrogens (tertiary/aromatic N) is 2. The van der Waals surface area contributed by atoms with E-state index in [0.717, 1.165) is 16.8 Å². The molecule has 9 aliphatic rings. The summed E-state index contributed by atoms with van der Waals surface area (Å²) in [5.41, 5.74) is 0.181. The molecule has 94 heavy (non-hydrogen) atoms. The molecule has 8 fully saturated rings. The van der Waals surface area contributed by atoms with Crippen molar-refractivity contribution in [3.8, 4) is 40.9 Å². The van der Waals surface area contributed by atoms with Crippen LogP contribution >= 0.6 is 69.6 Å². The molecule has 3 aliphatic carbocycles. The third kappa shape index (κ3) is 14.1. The maximum atomic E-state index is 14.5. The van der Waals surface area contributed by atoms with Crippen molar-refractivity contribution >= 4 is 98.3 Å². The van der Waals surface area contributed by atoms with Gasteiger partial charge in [-0.15, -0.1) is 35.3 Å². The first-order valence-electron chi connectivity index (χ1n) is 31.1. The Kier molecular flexibility index (Phi) is 24.1. The molecule has 0 aromatic heterocycles. The smallest absolute Gasteiger partial charge is 0.306 e. The monoisotopic (exact) mass is 1500 g/mol. The zero-order valence-electron chi connectivity index (χ0n) is 53.3. The number of hydroxylamine groups is 1. The average molecular weight is 1500 g/mol. The molecule has 6 heterocycles. The number of likely N-dealkylation sites (N-methyl/N-ethyl adjacent to an activating group) is 1. The summed E-state index contributed by atoms with van der Waals surface area (Å²) in [5.74, 6) is 7.68. The molecule has 1 aromatic carbocycles. The van der Waals surface area contributed by atoms with Crippen molar-refractivity contribution in [2.75, 3.05) is 64.3 Å². The quantitative estimate of drug-likeness (QED) is 0.0147. The lowest BCUT2D eigenvalue weighted by Gasteiger charge is -2.60. The highest BCUT2D eigenvalue weighted by Gasteiger charge is 2.78. The van der Waals surface area contributed by atoms with Crippen LogP contribution in [0.5, 0.6) is 17.2 Å². The largest absolute Gasteiger partial charge is 0.492 e. The van der Waals surface area contributed by atoms with Crippen LogP contribution in [-0.2, 0) is 57.2 Å². The molecular weight excluding hydrogens is 1420 g/mol. The van der Waals surface area contributed by atoms with Gasteiger partial charge in [0.25, 0.3) is 0 Å². The van der Waals surface area contributed by atoms with Crippen molar-refractivity contribution in [1.82, 2.24) is 15.3 Å². The highest BCUT2D eigenvalue weighted by atomic mass is 127. The van der Waals surface area contributed by atoms with E-state index in [0.29, 0.717) is 21.3 Å². The number of hydrogen-bond acceptors (Lipinski definition) is 28. The third-order valence-electron chi connectivity index (χ3n) is 19.2. The first-order chi connectivity index (χ1) is 44.9. The maximum absolute atomic E-state index is 14.5. The van der Waals surface area contributed by atoms with Crippen LogP contribution < -0.4 is 19.7 Å². The van der Waals surface area contributed by atoms with Crippen LogP contribution in [0.1, 0.15) is 76.2 Å². The number of halogens is 1. The van der Waals surface area contributed by atoms with Crippen LogP contribution in [0.2, 0.25) is 0 Å². The van der Waals surface area contributed by atoms with Gasteiger partial charge in [-0.1, -0.05) is 41.5 Å². The molecule has 2 saturated carbocycles. The molecule has 8 N–H and O–H groups in total. The van der Waals surface area contributed by atoms with Crippen molar-refractivity contribution in [3.05, 3.63) is 38.5 Å². The normalized spacial score (nSPS) is 39.5. The number of thioether (sulfide) groups is 4. The van der Waals surface area contributed by atoms with Crippen molar-refractivity contribution in [2.45, 2.75) is 181 Å². The predicted octanol–water partition coefficient (Wildman–Crippen LogP) is 1.83. The molecule has 0 bridgehead atoms. The zero-order chi connectivity index (χ0) is 67.8. The van der Waals surface area contributed by atoms with Gasteiger partial charge in [-0.25, -0.2) is 0 Å². The number of ether oxygens (including phenoxy) is 10. The lowest BCUT2D eigenvalue weighted by atomic mass is 9.44. The number of hydrogen-bond donors (Lipinski definition) is 8. The van der Waals surface area contributed by atoms with Crippen molar-refractivity contribution in [2.24, 2.45) is 29.1 Å². The SMILES string of the molecule is CCN(C(C)=O)C1COC(OC2C(O[C@H]3C#C/C=C\C#C[C@]45C(CC(=O)OC)C(=O)C[C@]4(O)/C(=C\CSCC(=O)N4C6SCS[C@H]64)[C@@H]35)OC(C)C(NOC3CC(O)C(SC(=O)c4c(C)c(I)c(OC5OC(C)C(O)C(CO)C5O)c(OC)c4OC)C(C)O3)C2O)CC1CO. The van der Waals surface area contributed by atoms with Crippen LogP contribution in [0.3, 0.4) is 0 Å². The summed E-state index contributed by atoms with van der Waals surface area (Å²) in [6.07, 6.45) is -12.2. The highest BCUT2D eigenvalue weighted by molar-refractivity contribution is 14.1. The Morgan fingerprint density at radius 1 is 0.904 bits per heavy atom. The Morgan fingerprint density at radius 3 is 2.28 bits per heavy atom. The lowest BCUT2D eigenvalue weighted by Crippen LogP contribution is -2.69. The summed E-state index contributed by atoms with van der Waals surface area (Å²) in [5, 5.41) is 79.7. The molecule has 31 heteroatoms. The van der Waals surface area contributed by atoms with E-state index in [1.54, 1.807) is 62.2 Å². The minimum Gasteiger partial charge on any atom is -0.492 e. The minimum absolute atomic E-state index is 0.00135. The molecule has 1 aromatic rings. The predicted molar refractivity (Wildman–Crippen MR) is 350 cm³/mol. The van der Waals surface area contributed by atoms with Gasteiger partial charge in [0.2, 0.25) is 29.0 Å². The van der Waals surface area contributed by atoms with Gasteiger partial charge in [-0.2, -0.15) is 5.48 Å². The summed E-state index contributed by atoms with van der Waals surface area (Å²) in [6, 6.07) is -1.66. The number of fused-ring (bicyclic) bond motifs is 1. The number of esters is 1. The fourth-order valence-electron chi connectivity index (χ4n) is 14.3. The number of carbonyl (C=O) groups is 5. The van der Waals surface area contributed by atoms with E-state index in [2.05, 4.69) is 29.2 Å². The number of nitrogens with one attached hydrogen (secondary N) is 1. The van der Waals surface area contributed by atoms with Crippen LogP contribution in [-0.4, -0.2) is 252 Å². The van der Waals surface area contributed by atoms with Crippen molar-refractivity contribution < 1.29 is 112 Å². The topological polar surface area (TPSA) is 347 Å². The Morgan fingerprint density at radius 2 is 1.62 bits per heavy atom. The first-order valence-corrected chi connectivity index (χ1v) is 36.3. The van der Waals surface area contributed by atoms with Gasteiger partial charge in [0.1, 0.15) is 46.5 Å². The van der Waals surface area contributed by atoms with Crippen LogP contribution in [0.25, 0.3) is 0 Å². The molecule has 6 aliphatic heterocycles. The zero-order valence-corrected chi connectivity index (χ0v) is 58.7. The summed E-state index contributed by atoms with van der Waals surface area (Å²) >= 11 is 7.56. The number of Topliss-reactive ketones (excluding diaryl/α,β-unsaturated/α-hetero) is 1. The fraction of sp³-hybridized carbons (Fsp3) is 0.698. The van der Waals surface area contributed by atoms with Gasteiger partial charge in [-0.05, 0) is 80.5 Å². The van der Waals surface area contributed by atoms with Gasteiger partial charge in [-0.3, -0.25) is 28.8 Å². The number of allylic oxidation sites excluding steroid dienone is 2. The van der Waals surface area contributed by atoms with Gasteiger partial charge in [0.15, 0.2) is 30.4 Å². The molecule has 26 nitrogen and oxygen atoms in total. The van der Waals surface area contributed by atoms with E-state index >= 15 is 0 Å². The van der Waals surface area contributed by atoms with Crippen LogP contribution in [0.15, 0.2) is 23.8 Å². The molecule has 19 unspecified atom stereocenters. The molecule has 0 radical (unpaired) electrons. The summed E-state index contributed by atoms with van der Waals surface area (Å²) in [4.78, 5) is 77.6. The number of amides is 2. The Labute approximate surface area is 575 Å². The second-order valence-corrected chi connectivity index (χ2v) is 30.4. The Balaban J connectivity index is 0.880. The molecule has 2 amide bonds. The summed E-state index contributed by atoms with van der Waals surface area (Å²) in [7, 11) is 3.88. The number of aliphatic hydroxyl groups excluding tert-OH is 6. The van der Waals surface area contributed by atoms with E-state index in [9.17, 15) is 59.7 Å².